The molecule has 8 heteroatoms. The van der Waals surface area contributed by atoms with Gasteiger partial charge < -0.3 is 0 Å². The second-order valence-corrected chi connectivity index (χ2v) is 8.55. The van der Waals surface area contributed by atoms with Crippen molar-refractivity contribution in [2.24, 2.45) is 5.92 Å². The number of thiophene rings is 1. The summed E-state index contributed by atoms with van der Waals surface area (Å²) < 4.78 is 26.7. The van der Waals surface area contributed by atoms with Crippen LogP contribution < -0.4 is 0 Å². The van der Waals surface area contributed by atoms with Crippen LogP contribution in [0.4, 0.5) is 5.69 Å². The van der Waals surface area contributed by atoms with Crippen LogP contribution in [0.25, 0.3) is 0 Å². The van der Waals surface area contributed by atoms with E-state index in [9.17, 15) is 18.5 Å². The Morgan fingerprint density at radius 2 is 2.21 bits per heavy atom. The quantitative estimate of drug-likeness (QED) is 0.633. The zero-order valence-electron chi connectivity index (χ0n) is 10.4. The van der Waals surface area contributed by atoms with Gasteiger partial charge in [0.2, 0.25) is 0 Å². The molecule has 0 N–H and O–H groups in total. The molecule has 1 aliphatic heterocycles. The summed E-state index contributed by atoms with van der Waals surface area (Å²) >= 11 is 0.993. The highest BCUT2D eigenvalue weighted by Crippen LogP contribution is 2.42. The van der Waals surface area contributed by atoms with Crippen LogP contribution in [-0.4, -0.2) is 30.2 Å². The van der Waals surface area contributed by atoms with Gasteiger partial charge >= 0.3 is 0 Å². The number of fused-ring (bicyclic) bond motifs is 2. The molecule has 1 aromatic rings. The molecule has 1 aliphatic carbocycles. The molecule has 2 fully saturated rings. The number of nitrogens with zero attached hydrogens (tertiary/aromatic N) is 2. The number of sulfonamides is 1. The van der Waals surface area contributed by atoms with Crippen LogP contribution >= 0.6 is 11.3 Å². The van der Waals surface area contributed by atoms with E-state index in [1.807, 2.05) is 0 Å². The van der Waals surface area contributed by atoms with Crippen molar-refractivity contribution in [3.8, 4) is 0 Å². The Kier molecular flexibility index (Phi) is 2.91. The summed E-state index contributed by atoms with van der Waals surface area (Å²) in [6.45, 7) is 2.15. The van der Waals surface area contributed by atoms with Gasteiger partial charge in [-0.1, -0.05) is 0 Å². The fraction of sp³-hybridized carbons (Fsp3) is 0.636. The lowest BCUT2D eigenvalue weighted by molar-refractivity contribution is -0.385. The summed E-state index contributed by atoms with van der Waals surface area (Å²) in [5, 5.41) is 10.8. The van der Waals surface area contributed by atoms with Crippen LogP contribution in [0.15, 0.2) is 10.3 Å². The van der Waals surface area contributed by atoms with E-state index in [2.05, 4.69) is 0 Å². The van der Waals surface area contributed by atoms with Crippen LogP contribution in [0.5, 0.6) is 0 Å². The zero-order valence-corrected chi connectivity index (χ0v) is 12.0. The molecule has 104 valence electrons. The van der Waals surface area contributed by atoms with Crippen molar-refractivity contribution in [3.63, 3.8) is 0 Å². The average Bonchev–Trinajstić information content (AvgIpc) is 3.01. The zero-order chi connectivity index (χ0) is 13.8. The maximum Gasteiger partial charge on any atom is 0.284 e. The molecule has 0 spiro atoms. The molecular formula is C11H14N2O4S2. The molecule has 2 bridgehead atoms. The summed E-state index contributed by atoms with van der Waals surface area (Å²) in [4.78, 5) is 10.7. The Labute approximate surface area is 115 Å². The molecule has 1 aromatic heterocycles. The Balaban J connectivity index is 1.97. The van der Waals surface area contributed by atoms with E-state index < -0.39 is 14.9 Å². The summed E-state index contributed by atoms with van der Waals surface area (Å²) in [5.41, 5.74) is -0.104. The average molecular weight is 302 g/mol. The van der Waals surface area contributed by atoms with Crippen LogP contribution in [0.3, 0.4) is 0 Å². The second kappa shape index (κ2) is 4.26. The van der Waals surface area contributed by atoms with Crippen molar-refractivity contribution < 1.29 is 13.3 Å². The Hall–Kier alpha value is -0.990. The molecule has 2 aliphatic rings. The normalized spacial score (nSPS) is 27.0. The van der Waals surface area contributed by atoms with Gasteiger partial charge in [-0.3, -0.25) is 10.1 Å². The largest absolute Gasteiger partial charge is 0.284 e. The van der Waals surface area contributed by atoms with Gasteiger partial charge in [-0.25, -0.2) is 8.42 Å². The SMILES string of the molecule is Cc1sc(S(=O)(=O)N2CC3CCC2C3)cc1[N+](=O)[O-]. The summed E-state index contributed by atoms with van der Waals surface area (Å²) in [6.07, 6.45) is 2.95. The van der Waals surface area contributed by atoms with Crippen molar-refractivity contribution in [3.05, 3.63) is 21.1 Å². The molecule has 2 unspecified atom stereocenters. The smallest absolute Gasteiger partial charge is 0.258 e. The third-order valence-electron chi connectivity index (χ3n) is 3.99. The van der Waals surface area contributed by atoms with Crippen molar-refractivity contribution >= 4 is 27.0 Å². The molecule has 19 heavy (non-hydrogen) atoms. The molecule has 1 saturated carbocycles. The molecule has 1 saturated heterocycles. The van der Waals surface area contributed by atoms with Gasteiger partial charge in [-0.15, -0.1) is 11.3 Å². The minimum atomic E-state index is -3.56. The maximum absolute atomic E-state index is 12.5. The first-order valence-corrected chi connectivity index (χ1v) is 8.42. The lowest BCUT2D eigenvalue weighted by Crippen LogP contribution is -2.37. The third-order valence-corrected chi connectivity index (χ3v) is 7.39. The van der Waals surface area contributed by atoms with Crippen LogP contribution in [0.2, 0.25) is 0 Å². The van der Waals surface area contributed by atoms with Crippen molar-refractivity contribution in [1.29, 1.82) is 0 Å². The third kappa shape index (κ3) is 1.98. The first-order chi connectivity index (χ1) is 8.89. The van der Waals surface area contributed by atoms with Gasteiger partial charge in [-0.05, 0) is 32.1 Å². The second-order valence-electron chi connectivity index (χ2n) is 5.17. The summed E-state index contributed by atoms with van der Waals surface area (Å²) in [5.74, 6) is 0.468. The molecule has 0 aromatic carbocycles. The summed E-state index contributed by atoms with van der Waals surface area (Å²) in [6, 6.07) is 1.29. The predicted octanol–water partition coefficient (Wildman–Crippen LogP) is 2.14. The fourth-order valence-electron chi connectivity index (χ4n) is 3.04. The number of piperidine rings is 1. The molecule has 2 atom stereocenters. The van der Waals surface area contributed by atoms with Gasteiger partial charge in [0.15, 0.2) is 0 Å². The van der Waals surface area contributed by atoms with Crippen molar-refractivity contribution in [1.82, 2.24) is 4.31 Å². The highest BCUT2D eigenvalue weighted by atomic mass is 32.2. The molecule has 0 amide bonds. The van der Waals surface area contributed by atoms with Gasteiger partial charge in [0, 0.05) is 18.7 Å². The topological polar surface area (TPSA) is 80.5 Å². The van der Waals surface area contributed by atoms with E-state index in [0.29, 0.717) is 17.3 Å². The lowest BCUT2D eigenvalue weighted by Gasteiger charge is -2.25. The van der Waals surface area contributed by atoms with Crippen LogP contribution in [0, 0.1) is 23.0 Å². The van der Waals surface area contributed by atoms with Crippen molar-refractivity contribution in [2.45, 2.75) is 36.4 Å². The first kappa shape index (κ1) is 13.0. The highest BCUT2D eigenvalue weighted by molar-refractivity contribution is 7.91. The number of hydrogen-bond acceptors (Lipinski definition) is 5. The number of nitro groups is 1. The monoisotopic (exact) mass is 302 g/mol. The van der Waals surface area contributed by atoms with E-state index in [4.69, 9.17) is 0 Å². The molecule has 0 radical (unpaired) electrons. The van der Waals surface area contributed by atoms with E-state index in [-0.39, 0.29) is 15.9 Å². The molecule has 2 heterocycles. The van der Waals surface area contributed by atoms with Gasteiger partial charge in [0.1, 0.15) is 4.21 Å². The van der Waals surface area contributed by atoms with E-state index in [1.54, 1.807) is 6.92 Å². The van der Waals surface area contributed by atoms with Crippen LogP contribution in [0.1, 0.15) is 24.1 Å². The van der Waals surface area contributed by atoms with Gasteiger partial charge in [-0.2, -0.15) is 4.31 Å². The standard InChI is InChI=1S/C11H14N2O4S2/c1-7-10(13(14)15)5-11(18-7)19(16,17)12-6-8-2-3-9(12)4-8/h5,8-9H,2-4,6H2,1H3. The van der Waals surface area contributed by atoms with Gasteiger partial charge in [0.05, 0.1) is 9.80 Å². The minimum Gasteiger partial charge on any atom is -0.258 e. The van der Waals surface area contributed by atoms with Crippen molar-refractivity contribution in [2.75, 3.05) is 6.54 Å². The van der Waals surface area contributed by atoms with E-state index in [0.717, 1.165) is 30.6 Å². The maximum atomic E-state index is 12.5. The van der Waals surface area contributed by atoms with E-state index >= 15 is 0 Å². The molecule has 6 nitrogen and oxygen atoms in total. The predicted molar refractivity (Wildman–Crippen MR) is 70.7 cm³/mol. The fourth-order valence-corrected chi connectivity index (χ4v) is 6.32. The van der Waals surface area contributed by atoms with Crippen LogP contribution in [-0.2, 0) is 10.0 Å². The minimum absolute atomic E-state index is 0.0939. The number of aryl methyl sites for hydroxylation is 1. The lowest BCUT2D eigenvalue weighted by atomic mass is 10.1. The van der Waals surface area contributed by atoms with Gasteiger partial charge in [0.25, 0.3) is 15.7 Å². The Morgan fingerprint density at radius 1 is 1.47 bits per heavy atom. The molecule has 3 rings (SSSR count). The Bertz CT molecular complexity index is 637. The first-order valence-electron chi connectivity index (χ1n) is 6.16. The number of rotatable bonds is 3. The Morgan fingerprint density at radius 3 is 2.68 bits per heavy atom. The van der Waals surface area contributed by atoms with E-state index in [1.165, 1.54) is 10.4 Å². The molecular weight excluding hydrogens is 288 g/mol. The highest BCUT2D eigenvalue weighted by Gasteiger charge is 2.45. The summed E-state index contributed by atoms with van der Waals surface area (Å²) in [7, 11) is -3.56. The number of hydrogen-bond donors (Lipinski definition) is 0.